The molecule has 0 aliphatic heterocycles. The second-order valence-electron chi connectivity index (χ2n) is 7.16. The Balaban J connectivity index is 1.47. The fraction of sp³-hybridized carbons (Fsp3) is 0.174. The first-order chi connectivity index (χ1) is 17.3. The Bertz CT molecular complexity index is 1200. The van der Waals surface area contributed by atoms with Gasteiger partial charge in [0.25, 0.3) is 0 Å². The molecule has 5 N–H and O–H groups in total. The van der Waals surface area contributed by atoms with E-state index in [0.717, 1.165) is 0 Å². The molecule has 2 aromatic carbocycles. The van der Waals surface area contributed by atoms with Gasteiger partial charge in [0.05, 0.1) is 0 Å². The van der Waals surface area contributed by atoms with Gasteiger partial charge in [0, 0.05) is 12.4 Å². The summed E-state index contributed by atoms with van der Waals surface area (Å²) >= 11 is -1.40. The van der Waals surface area contributed by atoms with E-state index < -0.39 is 42.8 Å². The number of benzene rings is 2. The summed E-state index contributed by atoms with van der Waals surface area (Å²) in [7, 11) is 0. The molecule has 3 aromatic rings. The van der Waals surface area contributed by atoms with Crippen molar-refractivity contribution >= 4 is 44.0 Å². The van der Waals surface area contributed by atoms with Gasteiger partial charge in [0.15, 0.2) is 0 Å². The number of aromatic nitrogens is 2. The zero-order valence-corrected chi connectivity index (χ0v) is 20.6. The summed E-state index contributed by atoms with van der Waals surface area (Å²) in [6.45, 7) is 0.337. The van der Waals surface area contributed by atoms with E-state index >= 15 is 0 Å². The number of anilines is 2. The van der Waals surface area contributed by atoms with Gasteiger partial charge in [0.2, 0.25) is 5.95 Å². The number of hydrogen-bond donors (Lipinski definition) is 5. The fourth-order valence-electron chi connectivity index (χ4n) is 2.82. The molecule has 0 saturated carbocycles. The van der Waals surface area contributed by atoms with Crippen LogP contribution < -0.4 is 20.7 Å². The number of ether oxygens (including phenoxy) is 1. The molecule has 0 aliphatic rings. The zero-order chi connectivity index (χ0) is 25.9. The van der Waals surface area contributed by atoms with Gasteiger partial charge in [-0.3, -0.25) is 0 Å². The van der Waals surface area contributed by atoms with Crippen molar-refractivity contribution in [3.63, 3.8) is 0 Å². The van der Waals surface area contributed by atoms with Crippen LogP contribution in [0.1, 0.15) is 10.4 Å². The molecule has 13 heteroatoms. The molecule has 2 amide bonds. The molecule has 1 radical (unpaired) electrons. The van der Waals surface area contributed by atoms with Gasteiger partial charge in [-0.25, -0.2) is 9.97 Å². The number of aliphatic carboxylic acids is 1. The molecule has 1 aromatic heterocycles. The molecule has 0 spiro atoms. The third-order valence-corrected chi connectivity index (χ3v) is 6.77. The number of nitrogens with zero attached hydrogens (tertiary/aromatic N) is 2. The second-order valence-corrected chi connectivity index (χ2v) is 9.86. The van der Waals surface area contributed by atoms with Crippen LogP contribution in [0.5, 0.6) is 11.5 Å². The number of aromatic hydroxyl groups is 1. The Labute approximate surface area is 211 Å². The average molecular weight is 558 g/mol. The van der Waals surface area contributed by atoms with Gasteiger partial charge in [-0.2, -0.15) is 0 Å². The minimum atomic E-state index is -1.40. The van der Waals surface area contributed by atoms with Crippen LogP contribution in [0.25, 0.3) is 0 Å². The number of phenolic OH excluding ortho intramolecular Hbond substituents is 1. The van der Waals surface area contributed by atoms with Crippen LogP contribution in [0.2, 0.25) is 4.71 Å². The molecular formula is C23H22AsFN5O6. The summed E-state index contributed by atoms with van der Waals surface area (Å²) in [5.74, 6) is -1.99. The molecule has 0 fully saturated rings. The molecule has 36 heavy (non-hydrogen) atoms. The predicted molar refractivity (Wildman–Crippen MR) is 129 cm³/mol. The molecule has 0 unspecified atom stereocenters. The van der Waals surface area contributed by atoms with Crippen molar-refractivity contribution in [2.75, 3.05) is 30.3 Å². The van der Waals surface area contributed by atoms with Gasteiger partial charge in [-0.1, -0.05) is 0 Å². The molecule has 0 aliphatic carbocycles. The number of carbonyl (C=O) groups excluding carboxylic acids is 2. The van der Waals surface area contributed by atoms with E-state index in [1.807, 2.05) is 0 Å². The van der Waals surface area contributed by atoms with Crippen LogP contribution in [0.4, 0.5) is 20.8 Å². The molecule has 0 saturated heterocycles. The van der Waals surface area contributed by atoms with Crippen LogP contribution in [0.3, 0.4) is 0 Å². The van der Waals surface area contributed by atoms with Gasteiger partial charge in [0.1, 0.15) is 0 Å². The van der Waals surface area contributed by atoms with E-state index in [2.05, 4.69) is 25.9 Å². The molecular weight excluding hydrogens is 536 g/mol. The first kappa shape index (κ1) is 26.4. The van der Waals surface area contributed by atoms with Crippen LogP contribution in [0, 0.1) is 5.82 Å². The number of amides is 2. The van der Waals surface area contributed by atoms with Crippen LogP contribution in [0.15, 0.2) is 60.9 Å². The van der Waals surface area contributed by atoms with Gasteiger partial charge < -0.3 is 0 Å². The van der Waals surface area contributed by atoms with Crippen molar-refractivity contribution < 1.29 is 33.7 Å². The molecule has 187 valence electrons. The number of carboxylic acids is 1. The SMILES string of the molecule is O=C(Nc1ccc(F)cc1)[As][C@@H](CNC(=O)c1ccc(OCCNc2ncccn2)cc1O)C(=O)O. The summed E-state index contributed by atoms with van der Waals surface area (Å²) in [6, 6.07) is 10.8. The number of phenols is 1. The topological polar surface area (TPSA) is 163 Å². The van der Waals surface area contributed by atoms with Crippen molar-refractivity contribution in [3.05, 3.63) is 72.3 Å². The molecule has 3 rings (SSSR count). The quantitative estimate of drug-likeness (QED) is 0.166. The van der Waals surface area contributed by atoms with Crippen molar-refractivity contribution in [1.29, 1.82) is 0 Å². The third-order valence-electron chi connectivity index (χ3n) is 4.54. The maximum absolute atomic E-state index is 13.0. The third kappa shape index (κ3) is 8.24. The summed E-state index contributed by atoms with van der Waals surface area (Å²) in [5, 5.41) is 27.6. The zero-order valence-electron chi connectivity index (χ0n) is 18.7. The van der Waals surface area contributed by atoms with Crippen LogP contribution in [-0.4, -0.2) is 72.2 Å². The van der Waals surface area contributed by atoms with Crippen molar-refractivity contribution in [2.45, 2.75) is 4.71 Å². The predicted octanol–water partition coefficient (Wildman–Crippen LogP) is 2.35. The molecule has 1 atom stereocenters. The summed E-state index contributed by atoms with van der Waals surface area (Å²) in [4.78, 5) is 44.3. The first-order valence-corrected chi connectivity index (χ1v) is 12.6. The van der Waals surface area contributed by atoms with Crippen molar-refractivity contribution in [3.8, 4) is 11.5 Å². The van der Waals surface area contributed by atoms with Crippen molar-refractivity contribution in [1.82, 2.24) is 15.3 Å². The summed E-state index contributed by atoms with van der Waals surface area (Å²) in [6.07, 6.45) is 3.20. The fourth-order valence-corrected chi connectivity index (χ4v) is 4.43. The Morgan fingerprint density at radius 2 is 1.81 bits per heavy atom. The number of carboxylic acid groups (broad SMARTS) is 1. The number of nitrogens with one attached hydrogen (secondary N) is 3. The Hall–Kier alpha value is -4.18. The number of halogens is 1. The maximum atomic E-state index is 13.0. The standard InChI is InChI=1S/C23H22AsFN5O6/c25-14-2-4-15(5-3-14)30-22(35)24-18(21(33)34)13-29-20(32)17-7-6-16(12-19(17)31)36-11-10-28-23-26-8-1-9-27-23/h1-9,12,18,31H,10-11,13H2,(H,29,32)(H,30,35)(H,33,34)(H,26,27,28)/t18-/m0/s1. The van der Waals surface area contributed by atoms with Crippen molar-refractivity contribution in [2.24, 2.45) is 0 Å². The monoisotopic (exact) mass is 558 g/mol. The van der Waals surface area contributed by atoms with E-state index in [-0.39, 0.29) is 24.5 Å². The summed E-state index contributed by atoms with van der Waals surface area (Å²) in [5.41, 5.74) is 0.260. The van der Waals surface area contributed by atoms with E-state index in [1.165, 1.54) is 42.5 Å². The number of hydrogen-bond acceptors (Lipinski definition) is 8. The molecule has 0 bridgehead atoms. The van der Waals surface area contributed by atoms with Crippen LogP contribution in [-0.2, 0) is 4.79 Å². The Morgan fingerprint density at radius 3 is 2.47 bits per heavy atom. The van der Waals surface area contributed by atoms with E-state index in [9.17, 15) is 29.0 Å². The number of rotatable bonds is 12. The van der Waals surface area contributed by atoms with Gasteiger partial charge in [-0.15, -0.1) is 0 Å². The van der Waals surface area contributed by atoms with Gasteiger partial charge in [-0.05, 0) is 6.07 Å². The molecule has 1 heterocycles. The summed E-state index contributed by atoms with van der Waals surface area (Å²) < 4.78 is 16.9. The van der Waals surface area contributed by atoms with Crippen LogP contribution >= 0.6 is 0 Å². The average Bonchev–Trinajstić information content (AvgIpc) is 2.86. The number of carbonyl (C=O) groups is 3. The minimum absolute atomic E-state index is 0.0747. The van der Waals surface area contributed by atoms with E-state index in [0.29, 0.717) is 23.9 Å². The van der Waals surface area contributed by atoms with E-state index in [1.54, 1.807) is 18.5 Å². The van der Waals surface area contributed by atoms with E-state index in [4.69, 9.17) is 4.74 Å². The first-order valence-electron chi connectivity index (χ1n) is 10.6. The normalized spacial score (nSPS) is 11.6. The Kier molecular flexibility index (Phi) is 9.58. The van der Waals surface area contributed by atoms with Gasteiger partial charge >= 0.3 is 177 Å². The second kappa shape index (κ2) is 13.1. The Morgan fingerprint density at radius 1 is 1.08 bits per heavy atom. The molecule has 11 nitrogen and oxygen atoms in total.